The van der Waals surface area contributed by atoms with Crippen molar-refractivity contribution in [3.63, 3.8) is 0 Å². The first-order valence-electron chi connectivity index (χ1n) is 8.61. The van der Waals surface area contributed by atoms with Crippen LogP contribution in [0, 0.1) is 13.8 Å². The van der Waals surface area contributed by atoms with E-state index < -0.39 is 10.0 Å². The zero-order valence-corrected chi connectivity index (χ0v) is 16.2. The van der Waals surface area contributed by atoms with Crippen LogP contribution in [0.1, 0.15) is 17.0 Å². The number of carbonyl (C=O) groups is 1. The lowest BCUT2D eigenvalue weighted by atomic mass is 10.1. The van der Waals surface area contributed by atoms with Crippen LogP contribution in [0.4, 0.5) is 0 Å². The van der Waals surface area contributed by atoms with E-state index in [4.69, 9.17) is 0 Å². The Morgan fingerprint density at radius 2 is 1.69 bits per heavy atom. The van der Waals surface area contributed by atoms with Crippen molar-refractivity contribution in [1.29, 1.82) is 0 Å². The molecule has 0 aliphatic carbocycles. The van der Waals surface area contributed by atoms with Gasteiger partial charge >= 0.3 is 0 Å². The summed E-state index contributed by atoms with van der Waals surface area (Å²) in [5, 5.41) is 4.58. The third-order valence-electron chi connectivity index (χ3n) is 4.83. The largest absolute Gasteiger partial charge is 0.340 e. The zero-order chi connectivity index (χ0) is 18.9. The van der Waals surface area contributed by atoms with Crippen molar-refractivity contribution < 1.29 is 13.2 Å². The highest BCUT2D eigenvalue weighted by molar-refractivity contribution is 7.88. The summed E-state index contributed by atoms with van der Waals surface area (Å²) in [6.45, 7) is 5.44. The molecule has 1 aliphatic rings. The van der Waals surface area contributed by atoms with Crippen LogP contribution in [0.3, 0.4) is 0 Å². The van der Waals surface area contributed by atoms with Crippen LogP contribution >= 0.6 is 0 Å². The number of nitrogens with zero attached hydrogens (tertiary/aromatic N) is 4. The predicted octanol–water partition coefficient (Wildman–Crippen LogP) is 1.14. The molecule has 8 heteroatoms. The molecule has 1 saturated heterocycles. The Balaban J connectivity index is 1.72. The number of rotatable bonds is 4. The van der Waals surface area contributed by atoms with Gasteiger partial charge in [-0.1, -0.05) is 18.2 Å². The topological polar surface area (TPSA) is 75.5 Å². The number of hydrogen-bond donors (Lipinski definition) is 0. The second kappa shape index (κ2) is 7.20. The molecule has 140 valence electrons. The molecule has 0 bridgehead atoms. The van der Waals surface area contributed by atoms with Crippen molar-refractivity contribution in [2.45, 2.75) is 20.3 Å². The summed E-state index contributed by atoms with van der Waals surface area (Å²) >= 11 is 0. The second-order valence-electron chi connectivity index (χ2n) is 6.62. The summed E-state index contributed by atoms with van der Waals surface area (Å²) in [7, 11) is -3.19. The first-order chi connectivity index (χ1) is 12.3. The first-order valence-corrected chi connectivity index (χ1v) is 10.5. The van der Waals surface area contributed by atoms with E-state index >= 15 is 0 Å². The third kappa shape index (κ3) is 3.81. The fourth-order valence-corrected chi connectivity index (χ4v) is 4.11. The molecular formula is C18H24N4O3S. The maximum Gasteiger partial charge on any atom is 0.227 e. The van der Waals surface area contributed by atoms with Gasteiger partial charge in [0.2, 0.25) is 15.9 Å². The van der Waals surface area contributed by atoms with E-state index in [2.05, 4.69) is 5.10 Å². The van der Waals surface area contributed by atoms with Crippen molar-refractivity contribution >= 4 is 15.9 Å². The molecular weight excluding hydrogens is 352 g/mol. The summed E-state index contributed by atoms with van der Waals surface area (Å²) in [5.41, 5.74) is 3.70. The van der Waals surface area contributed by atoms with Gasteiger partial charge in [-0.05, 0) is 26.0 Å². The summed E-state index contributed by atoms with van der Waals surface area (Å²) in [4.78, 5) is 14.4. The van der Waals surface area contributed by atoms with Gasteiger partial charge in [0.1, 0.15) is 0 Å². The summed E-state index contributed by atoms with van der Waals surface area (Å²) < 4.78 is 26.5. The standard InChI is InChI=1S/C18H24N4O3S/c1-14-17(15(2)22(19-14)16-7-5-4-6-8-16)13-18(23)20-9-11-21(12-10-20)26(3,24)25/h4-8H,9-13H2,1-3H3. The van der Waals surface area contributed by atoms with E-state index in [9.17, 15) is 13.2 Å². The van der Waals surface area contributed by atoms with Gasteiger partial charge in [0.05, 0.1) is 24.1 Å². The van der Waals surface area contributed by atoms with Crippen LogP contribution in [-0.4, -0.2) is 65.7 Å². The lowest BCUT2D eigenvalue weighted by molar-refractivity contribution is -0.131. The molecule has 1 fully saturated rings. The van der Waals surface area contributed by atoms with Gasteiger partial charge in [0, 0.05) is 37.4 Å². The number of sulfonamides is 1. The Hall–Kier alpha value is -2.19. The highest BCUT2D eigenvalue weighted by atomic mass is 32.2. The summed E-state index contributed by atoms with van der Waals surface area (Å²) in [6.07, 6.45) is 1.48. The number of aryl methyl sites for hydroxylation is 1. The average molecular weight is 376 g/mol. The van der Waals surface area contributed by atoms with Gasteiger partial charge in [0.15, 0.2) is 0 Å². The van der Waals surface area contributed by atoms with Crippen LogP contribution in [-0.2, 0) is 21.2 Å². The van der Waals surface area contributed by atoms with E-state index in [-0.39, 0.29) is 12.3 Å². The van der Waals surface area contributed by atoms with Gasteiger partial charge in [-0.25, -0.2) is 13.1 Å². The molecule has 0 saturated carbocycles. The van der Waals surface area contributed by atoms with Gasteiger partial charge in [-0.2, -0.15) is 9.40 Å². The molecule has 1 aromatic carbocycles. The highest BCUT2D eigenvalue weighted by Gasteiger charge is 2.27. The number of amides is 1. The van der Waals surface area contributed by atoms with Gasteiger partial charge < -0.3 is 4.90 Å². The van der Waals surface area contributed by atoms with E-state index in [1.807, 2.05) is 48.9 Å². The molecule has 2 heterocycles. The average Bonchev–Trinajstić information content (AvgIpc) is 2.90. The molecule has 3 rings (SSSR count). The highest BCUT2D eigenvalue weighted by Crippen LogP contribution is 2.19. The Labute approximate surface area is 154 Å². The fraction of sp³-hybridized carbons (Fsp3) is 0.444. The quantitative estimate of drug-likeness (QED) is 0.802. The lowest BCUT2D eigenvalue weighted by Gasteiger charge is -2.33. The van der Waals surface area contributed by atoms with Crippen molar-refractivity contribution in [1.82, 2.24) is 19.0 Å². The van der Waals surface area contributed by atoms with Crippen molar-refractivity contribution in [3.8, 4) is 5.69 Å². The molecule has 1 amide bonds. The predicted molar refractivity (Wildman–Crippen MR) is 99.7 cm³/mol. The van der Waals surface area contributed by atoms with Gasteiger partial charge in [-0.3, -0.25) is 4.79 Å². The fourth-order valence-electron chi connectivity index (χ4n) is 3.28. The molecule has 0 spiro atoms. The number of carbonyl (C=O) groups excluding carboxylic acids is 1. The molecule has 7 nitrogen and oxygen atoms in total. The molecule has 2 aromatic rings. The molecule has 1 aromatic heterocycles. The maximum atomic E-state index is 12.7. The number of para-hydroxylation sites is 1. The van der Waals surface area contributed by atoms with Crippen LogP contribution in [0.15, 0.2) is 30.3 Å². The number of piperazine rings is 1. The minimum Gasteiger partial charge on any atom is -0.340 e. The smallest absolute Gasteiger partial charge is 0.227 e. The van der Waals surface area contributed by atoms with Gasteiger partial charge in [0.25, 0.3) is 0 Å². The van der Waals surface area contributed by atoms with E-state index in [0.717, 1.165) is 22.6 Å². The summed E-state index contributed by atoms with van der Waals surface area (Å²) in [6, 6.07) is 9.83. The molecule has 0 radical (unpaired) electrons. The molecule has 0 N–H and O–H groups in total. The second-order valence-corrected chi connectivity index (χ2v) is 8.60. The lowest BCUT2D eigenvalue weighted by Crippen LogP contribution is -2.50. The molecule has 0 atom stereocenters. The van der Waals surface area contributed by atoms with Crippen molar-refractivity contribution in [3.05, 3.63) is 47.3 Å². The minimum absolute atomic E-state index is 0.0111. The number of hydrogen-bond acceptors (Lipinski definition) is 4. The normalized spacial score (nSPS) is 16.0. The number of benzene rings is 1. The number of aromatic nitrogens is 2. The molecule has 26 heavy (non-hydrogen) atoms. The third-order valence-corrected chi connectivity index (χ3v) is 6.13. The van der Waals surface area contributed by atoms with E-state index in [1.165, 1.54) is 10.6 Å². The maximum absolute atomic E-state index is 12.7. The van der Waals surface area contributed by atoms with Crippen LogP contribution < -0.4 is 0 Å². The van der Waals surface area contributed by atoms with Crippen LogP contribution in [0.2, 0.25) is 0 Å². The van der Waals surface area contributed by atoms with Crippen molar-refractivity contribution in [2.24, 2.45) is 0 Å². The Bertz CT molecular complexity index is 898. The Kier molecular flexibility index (Phi) is 5.15. The first kappa shape index (κ1) is 18.6. The summed E-state index contributed by atoms with van der Waals surface area (Å²) in [5.74, 6) is 0.0111. The Morgan fingerprint density at radius 1 is 1.08 bits per heavy atom. The monoisotopic (exact) mass is 376 g/mol. The van der Waals surface area contributed by atoms with Gasteiger partial charge in [-0.15, -0.1) is 0 Å². The Morgan fingerprint density at radius 3 is 2.27 bits per heavy atom. The van der Waals surface area contributed by atoms with Crippen molar-refractivity contribution in [2.75, 3.05) is 32.4 Å². The molecule has 0 unspecified atom stereocenters. The van der Waals surface area contributed by atoms with Crippen LogP contribution in [0.5, 0.6) is 0 Å². The van der Waals surface area contributed by atoms with E-state index in [1.54, 1.807) is 4.90 Å². The SMILES string of the molecule is Cc1nn(-c2ccccc2)c(C)c1CC(=O)N1CCN(S(C)(=O)=O)CC1. The zero-order valence-electron chi connectivity index (χ0n) is 15.3. The molecule has 1 aliphatic heterocycles. The van der Waals surface area contributed by atoms with E-state index in [0.29, 0.717) is 26.2 Å². The minimum atomic E-state index is -3.19. The van der Waals surface area contributed by atoms with Crippen LogP contribution in [0.25, 0.3) is 5.69 Å².